The van der Waals surface area contributed by atoms with E-state index in [1.807, 2.05) is 0 Å². The van der Waals surface area contributed by atoms with Gasteiger partial charge in [0.2, 0.25) is 10.0 Å². The Kier molecular flexibility index (Phi) is 3.12. The van der Waals surface area contributed by atoms with Gasteiger partial charge in [-0.2, -0.15) is 0 Å². The molecule has 2 rings (SSSR count). The van der Waals surface area contributed by atoms with Crippen LogP contribution in [0.25, 0.3) is 0 Å². The van der Waals surface area contributed by atoms with Crippen molar-refractivity contribution in [3.05, 3.63) is 17.6 Å². The monoisotopic (exact) mass is 286 g/mol. The molecule has 1 aromatic heterocycles. The van der Waals surface area contributed by atoms with E-state index >= 15 is 0 Å². The summed E-state index contributed by atoms with van der Waals surface area (Å²) in [6.07, 6.45) is 0. The van der Waals surface area contributed by atoms with Crippen LogP contribution in [0.15, 0.2) is 15.4 Å². The third-order valence-electron chi connectivity index (χ3n) is 4.71. The molecule has 1 aromatic rings. The predicted molar refractivity (Wildman–Crippen MR) is 73.0 cm³/mol. The first-order chi connectivity index (χ1) is 8.54. The lowest BCUT2D eigenvalue weighted by Gasteiger charge is -2.06. The molecule has 0 saturated heterocycles. The van der Waals surface area contributed by atoms with E-state index in [-0.39, 0.29) is 28.3 Å². The first-order valence-electron chi connectivity index (χ1n) is 6.36. The van der Waals surface area contributed by atoms with Gasteiger partial charge in [-0.15, -0.1) is 0 Å². The van der Waals surface area contributed by atoms with E-state index < -0.39 is 10.0 Å². The molecular weight excluding hydrogens is 264 g/mol. The van der Waals surface area contributed by atoms with Crippen LogP contribution in [-0.2, 0) is 16.6 Å². The Morgan fingerprint density at radius 1 is 1.32 bits per heavy atom. The van der Waals surface area contributed by atoms with Gasteiger partial charge in [0.1, 0.15) is 16.4 Å². The summed E-state index contributed by atoms with van der Waals surface area (Å²) in [5.74, 6) is 0.858. The molecule has 3 N–H and O–H groups in total. The molecule has 0 amide bonds. The van der Waals surface area contributed by atoms with Gasteiger partial charge in [0.15, 0.2) is 0 Å². The summed E-state index contributed by atoms with van der Waals surface area (Å²) in [5, 5.41) is 0. The lowest BCUT2D eigenvalue weighted by molar-refractivity contribution is 0.457. The SMILES string of the molecule is Cc1oc(CN)cc1S(=O)(=O)NC1C(C)(C)C1(C)C. The quantitative estimate of drug-likeness (QED) is 0.883. The van der Waals surface area contributed by atoms with E-state index in [1.54, 1.807) is 6.92 Å². The highest BCUT2D eigenvalue weighted by molar-refractivity contribution is 7.89. The normalized spacial score (nSPS) is 21.6. The van der Waals surface area contributed by atoms with E-state index in [1.165, 1.54) is 6.07 Å². The Balaban J connectivity index is 2.27. The fourth-order valence-electron chi connectivity index (χ4n) is 2.60. The Morgan fingerprint density at radius 2 is 1.84 bits per heavy atom. The van der Waals surface area contributed by atoms with Gasteiger partial charge in [0, 0.05) is 12.1 Å². The maximum absolute atomic E-state index is 12.4. The van der Waals surface area contributed by atoms with Gasteiger partial charge < -0.3 is 10.2 Å². The highest BCUT2D eigenvalue weighted by Crippen LogP contribution is 2.62. The average Bonchev–Trinajstić information content (AvgIpc) is 2.66. The van der Waals surface area contributed by atoms with Gasteiger partial charge in [-0.1, -0.05) is 27.7 Å². The van der Waals surface area contributed by atoms with E-state index in [2.05, 4.69) is 32.4 Å². The number of rotatable bonds is 4. The van der Waals surface area contributed by atoms with E-state index in [0.29, 0.717) is 11.5 Å². The lowest BCUT2D eigenvalue weighted by atomic mass is 10.0. The molecule has 1 fully saturated rings. The second-order valence-electron chi connectivity index (χ2n) is 6.33. The topological polar surface area (TPSA) is 85.3 Å². The smallest absolute Gasteiger partial charge is 0.244 e. The number of aryl methyl sites for hydroxylation is 1. The average molecular weight is 286 g/mol. The fourth-order valence-corrected chi connectivity index (χ4v) is 4.33. The van der Waals surface area contributed by atoms with Crippen molar-refractivity contribution in [2.45, 2.75) is 52.1 Å². The summed E-state index contributed by atoms with van der Waals surface area (Å²) in [4.78, 5) is 0.187. The highest BCUT2D eigenvalue weighted by Gasteiger charge is 2.66. The second kappa shape index (κ2) is 4.07. The van der Waals surface area contributed by atoms with Crippen LogP contribution in [0.3, 0.4) is 0 Å². The number of sulfonamides is 1. The molecule has 0 aliphatic heterocycles. The molecule has 1 saturated carbocycles. The lowest BCUT2D eigenvalue weighted by Crippen LogP contribution is -2.30. The number of nitrogens with two attached hydrogens (primary N) is 1. The van der Waals surface area contributed by atoms with Crippen molar-refractivity contribution >= 4 is 10.0 Å². The Hall–Kier alpha value is -0.850. The molecular formula is C13H22N2O3S. The van der Waals surface area contributed by atoms with Crippen LogP contribution in [0, 0.1) is 17.8 Å². The molecule has 0 unspecified atom stereocenters. The standard InChI is InChI=1S/C13H22N2O3S/c1-8-10(6-9(7-14)18-8)19(16,17)15-11-12(2,3)13(11,4)5/h6,11,15H,7,14H2,1-5H3. The Bertz CT molecular complexity index is 585. The number of hydrogen-bond donors (Lipinski definition) is 2. The minimum absolute atomic E-state index is 0.0472. The molecule has 0 bridgehead atoms. The van der Waals surface area contributed by atoms with Gasteiger partial charge in [-0.25, -0.2) is 13.1 Å². The van der Waals surface area contributed by atoms with Crippen molar-refractivity contribution in [3.63, 3.8) is 0 Å². The van der Waals surface area contributed by atoms with Crippen molar-refractivity contribution in [1.82, 2.24) is 4.72 Å². The van der Waals surface area contributed by atoms with E-state index in [0.717, 1.165) is 0 Å². The van der Waals surface area contributed by atoms with Crippen molar-refractivity contribution in [3.8, 4) is 0 Å². The Labute approximate surface area is 114 Å². The third-order valence-corrected chi connectivity index (χ3v) is 6.24. The van der Waals surface area contributed by atoms with Gasteiger partial charge in [-0.3, -0.25) is 0 Å². The third kappa shape index (κ3) is 2.11. The molecule has 6 heteroatoms. The molecule has 1 heterocycles. The zero-order chi connectivity index (χ0) is 14.6. The molecule has 0 aromatic carbocycles. The molecule has 0 spiro atoms. The van der Waals surface area contributed by atoms with Crippen LogP contribution in [-0.4, -0.2) is 14.5 Å². The van der Waals surface area contributed by atoms with Crippen molar-refractivity contribution in [1.29, 1.82) is 0 Å². The predicted octanol–water partition coefficient (Wildman–Crippen LogP) is 1.76. The minimum atomic E-state index is -3.56. The summed E-state index contributed by atoms with van der Waals surface area (Å²) in [6, 6.07) is 1.43. The molecule has 0 radical (unpaired) electrons. The molecule has 0 atom stereocenters. The second-order valence-corrected chi connectivity index (χ2v) is 8.02. The molecule has 1 aliphatic carbocycles. The van der Waals surface area contributed by atoms with Gasteiger partial charge in [0.25, 0.3) is 0 Å². The minimum Gasteiger partial charge on any atom is -0.464 e. The van der Waals surface area contributed by atoms with E-state index in [4.69, 9.17) is 10.2 Å². The van der Waals surface area contributed by atoms with Crippen LogP contribution in [0.5, 0.6) is 0 Å². The number of hydrogen-bond acceptors (Lipinski definition) is 4. The summed E-state index contributed by atoms with van der Waals surface area (Å²) in [6.45, 7) is 10.1. The van der Waals surface area contributed by atoms with Crippen LogP contribution < -0.4 is 10.5 Å². The summed E-state index contributed by atoms with van der Waals surface area (Å²) in [7, 11) is -3.56. The van der Waals surface area contributed by atoms with E-state index in [9.17, 15) is 8.42 Å². The fraction of sp³-hybridized carbons (Fsp3) is 0.692. The van der Waals surface area contributed by atoms with Crippen LogP contribution in [0.1, 0.15) is 39.2 Å². The number of furan rings is 1. The first-order valence-corrected chi connectivity index (χ1v) is 7.84. The summed E-state index contributed by atoms with van der Waals surface area (Å²) < 4.78 is 32.9. The first kappa shape index (κ1) is 14.6. The highest BCUT2D eigenvalue weighted by atomic mass is 32.2. The largest absolute Gasteiger partial charge is 0.464 e. The van der Waals surface area contributed by atoms with Crippen molar-refractivity contribution < 1.29 is 12.8 Å². The Morgan fingerprint density at radius 3 is 2.21 bits per heavy atom. The summed E-state index contributed by atoms with van der Waals surface area (Å²) in [5.41, 5.74) is 5.37. The van der Waals surface area contributed by atoms with Gasteiger partial charge in [0.05, 0.1) is 6.54 Å². The van der Waals surface area contributed by atoms with Crippen LogP contribution in [0.2, 0.25) is 0 Å². The van der Waals surface area contributed by atoms with Crippen LogP contribution in [0.4, 0.5) is 0 Å². The molecule has 108 valence electrons. The molecule has 19 heavy (non-hydrogen) atoms. The van der Waals surface area contributed by atoms with Gasteiger partial charge >= 0.3 is 0 Å². The van der Waals surface area contributed by atoms with Crippen molar-refractivity contribution in [2.75, 3.05) is 0 Å². The van der Waals surface area contributed by atoms with Gasteiger partial charge in [-0.05, 0) is 17.8 Å². The maximum atomic E-state index is 12.4. The summed E-state index contributed by atoms with van der Waals surface area (Å²) >= 11 is 0. The van der Waals surface area contributed by atoms with Crippen molar-refractivity contribution in [2.24, 2.45) is 16.6 Å². The zero-order valence-electron chi connectivity index (χ0n) is 12.1. The zero-order valence-corrected chi connectivity index (χ0v) is 12.9. The molecule has 1 aliphatic rings. The number of nitrogens with one attached hydrogen (secondary N) is 1. The molecule has 5 nitrogen and oxygen atoms in total. The van der Waals surface area contributed by atoms with Crippen LogP contribution >= 0.6 is 0 Å². The maximum Gasteiger partial charge on any atom is 0.244 e.